The first-order valence-corrected chi connectivity index (χ1v) is 10.2. The maximum Gasteiger partial charge on any atom is 0.410 e. The van der Waals surface area contributed by atoms with Crippen LogP contribution in [0.3, 0.4) is 0 Å². The second-order valence-electron chi connectivity index (χ2n) is 8.96. The molecule has 3 aliphatic rings. The molecule has 26 heavy (non-hydrogen) atoms. The summed E-state index contributed by atoms with van der Waals surface area (Å²) in [5.41, 5.74) is -0.462. The lowest BCUT2D eigenvalue weighted by Gasteiger charge is -2.44. The average molecular weight is 367 g/mol. The molecule has 6 heteroatoms. The third-order valence-electron chi connectivity index (χ3n) is 5.78. The normalized spacial score (nSPS) is 27.8. The van der Waals surface area contributed by atoms with Crippen LogP contribution in [0.5, 0.6) is 0 Å². The van der Waals surface area contributed by atoms with Gasteiger partial charge in [0.05, 0.1) is 18.8 Å². The first-order chi connectivity index (χ1) is 12.3. The Morgan fingerprint density at radius 1 is 1.04 bits per heavy atom. The lowest BCUT2D eigenvalue weighted by atomic mass is 9.88. The van der Waals surface area contributed by atoms with Crippen molar-refractivity contribution in [2.24, 2.45) is 5.92 Å². The molecule has 2 aliphatic heterocycles. The topological polar surface area (TPSA) is 59.1 Å². The van der Waals surface area contributed by atoms with Gasteiger partial charge in [-0.05, 0) is 52.4 Å². The molecule has 1 saturated carbocycles. The molecule has 0 aromatic rings. The van der Waals surface area contributed by atoms with Crippen LogP contribution in [0.2, 0.25) is 0 Å². The van der Waals surface area contributed by atoms with Gasteiger partial charge in [0.25, 0.3) is 0 Å². The van der Waals surface area contributed by atoms with Crippen molar-refractivity contribution in [1.29, 1.82) is 0 Å². The zero-order valence-corrected chi connectivity index (χ0v) is 16.5. The van der Waals surface area contributed by atoms with E-state index in [4.69, 9.17) is 9.47 Å². The molecule has 0 bridgehead atoms. The molecule has 2 heterocycles. The lowest BCUT2D eigenvalue weighted by Crippen LogP contribution is -2.55. The molecule has 2 amide bonds. The van der Waals surface area contributed by atoms with Crippen LogP contribution in [0.15, 0.2) is 0 Å². The van der Waals surface area contributed by atoms with Crippen LogP contribution in [0.25, 0.3) is 0 Å². The number of likely N-dealkylation sites (tertiary alicyclic amines) is 1. The van der Waals surface area contributed by atoms with Crippen molar-refractivity contribution in [3.63, 3.8) is 0 Å². The van der Waals surface area contributed by atoms with E-state index in [-0.39, 0.29) is 24.1 Å². The maximum absolute atomic E-state index is 12.9. The third-order valence-corrected chi connectivity index (χ3v) is 5.78. The summed E-state index contributed by atoms with van der Waals surface area (Å²) >= 11 is 0. The molecule has 148 valence electrons. The largest absolute Gasteiger partial charge is 0.444 e. The molecule has 3 fully saturated rings. The van der Waals surface area contributed by atoms with Gasteiger partial charge in [0, 0.05) is 26.1 Å². The van der Waals surface area contributed by atoms with Crippen molar-refractivity contribution in [3.8, 4) is 0 Å². The number of hydrogen-bond donors (Lipinski definition) is 0. The van der Waals surface area contributed by atoms with Gasteiger partial charge in [-0.25, -0.2) is 4.79 Å². The fourth-order valence-corrected chi connectivity index (χ4v) is 4.42. The molecule has 0 radical (unpaired) electrons. The van der Waals surface area contributed by atoms with Crippen LogP contribution in [0, 0.1) is 5.92 Å². The maximum atomic E-state index is 12.9. The molecule has 0 spiro atoms. The number of rotatable bonds is 2. The number of piperidine rings is 1. The smallest absolute Gasteiger partial charge is 0.410 e. The number of morpholine rings is 1. The summed E-state index contributed by atoms with van der Waals surface area (Å²) < 4.78 is 11.3. The van der Waals surface area contributed by atoms with Gasteiger partial charge < -0.3 is 19.3 Å². The van der Waals surface area contributed by atoms with Crippen molar-refractivity contribution in [2.45, 2.75) is 83.5 Å². The Kier molecular flexibility index (Phi) is 6.10. The molecule has 6 nitrogen and oxygen atoms in total. The van der Waals surface area contributed by atoms with Crippen molar-refractivity contribution in [3.05, 3.63) is 0 Å². The Morgan fingerprint density at radius 2 is 1.73 bits per heavy atom. The molecule has 2 atom stereocenters. The Morgan fingerprint density at radius 3 is 2.42 bits per heavy atom. The zero-order valence-electron chi connectivity index (χ0n) is 16.5. The average Bonchev–Trinajstić information content (AvgIpc) is 2.60. The minimum absolute atomic E-state index is 0.236. The van der Waals surface area contributed by atoms with E-state index in [1.807, 2.05) is 20.8 Å². The first-order valence-electron chi connectivity index (χ1n) is 10.2. The van der Waals surface area contributed by atoms with Gasteiger partial charge in [-0.15, -0.1) is 0 Å². The molecular weight excluding hydrogens is 332 g/mol. The predicted molar refractivity (Wildman–Crippen MR) is 98.9 cm³/mol. The summed E-state index contributed by atoms with van der Waals surface area (Å²) in [6, 6.07) is 0.284. The van der Waals surface area contributed by atoms with Gasteiger partial charge in [0.1, 0.15) is 5.60 Å². The number of carbonyl (C=O) groups is 2. The van der Waals surface area contributed by atoms with E-state index in [0.29, 0.717) is 32.0 Å². The van der Waals surface area contributed by atoms with Gasteiger partial charge in [-0.3, -0.25) is 4.79 Å². The van der Waals surface area contributed by atoms with E-state index in [9.17, 15) is 9.59 Å². The van der Waals surface area contributed by atoms with E-state index in [2.05, 4.69) is 4.90 Å². The summed E-state index contributed by atoms with van der Waals surface area (Å²) in [6.45, 7) is 8.43. The quantitative estimate of drug-likeness (QED) is 0.753. The molecule has 1 aliphatic carbocycles. The Labute approximate surface area is 157 Å². The minimum atomic E-state index is -0.462. The van der Waals surface area contributed by atoms with Crippen LogP contribution in [-0.2, 0) is 14.3 Å². The van der Waals surface area contributed by atoms with Gasteiger partial charge in [-0.2, -0.15) is 0 Å². The number of amides is 2. The summed E-state index contributed by atoms with van der Waals surface area (Å²) in [5, 5.41) is 0. The Bertz CT molecular complexity index is 506. The number of fused-ring (bicyclic) bond motifs is 1. The SMILES string of the molecule is CC(C)(C)OC(=O)N1CCC(CC(=O)N2CCOC3CCCCC32)CC1. The van der Waals surface area contributed by atoms with Crippen LogP contribution in [-0.4, -0.2) is 65.8 Å². The van der Waals surface area contributed by atoms with Crippen LogP contribution in [0.1, 0.15) is 65.7 Å². The van der Waals surface area contributed by atoms with E-state index in [1.165, 1.54) is 12.8 Å². The molecule has 0 aromatic heterocycles. The van der Waals surface area contributed by atoms with Gasteiger partial charge in [0.2, 0.25) is 5.91 Å². The van der Waals surface area contributed by atoms with E-state index >= 15 is 0 Å². The highest BCUT2D eigenvalue weighted by Gasteiger charge is 2.37. The highest BCUT2D eigenvalue weighted by molar-refractivity contribution is 5.77. The van der Waals surface area contributed by atoms with Gasteiger partial charge in [-0.1, -0.05) is 12.8 Å². The predicted octanol–water partition coefficient (Wildman–Crippen LogP) is 3.19. The number of hydrogen-bond acceptors (Lipinski definition) is 4. The van der Waals surface area contributed by atoms with E-state index in [1.54, 1.807) is 4.90 Å². The summed E-state index contributed by atoms with van der Waals surface area (Å²) in [5.74, 6) is 0.645. The molecule has 3 rings (SSSR count). The molecule has 0 aromatic carbocycles. The zero-order chi connectivity index (χ0) is 18.7. The third kappa shape index (κ3) is 4.90. The summed E-state index contributed by atoms with van der Waals surface area (Å²) in [6.07, 6.45) is 6.94. The molecule has 0 N–H and O–H groups in total. The van der Waals surface area contributed by atoms with Gasteiger partial charge >= 0.3 is 6.09 Å². The monoisotopic (exact) mass is 366 g/mol. The molecular formula is C20H34N2O4. The molecule has 2 unspecified atom stereocenters. The van der Waals surface area contributed by atoms with Crippen LogP contribution in [0.4, 0.5) is 4.79 Å². The lowest BCUT2D eigenvalue weighted by molar-refractivity contribution is -0.150. The second-order valence-corrected chi connectivity index (χ2v) is 8.96. The molecule has 2 saturated heterocycles. The van der Waals surface area contributed by atoms with E-state index < -0.39 is 5.60 Å². The second kappa shape index (κ2) is 8.15. The van der Waals surface area contributed by atoms with Crippen molar-refractivity contribution < 1.29 is 19.1 Å². The van der Waals surface area contributed by atoms with Crippen molar-refractivity contribution in [2.75, 3.05) is 26.2 Å². The number of ether oxygens (including phenoxy) is 2. The Hall–Kier alpha value is -1.30. The minimum Gasteiger partial charge on any atom is -0.444 e. The first kappa shape index (κ1) is 19.5. The fourth-order valence-electron chi connectivity index (χ4n) is 4.42. The highest BCUT2D eigenvalue weighted by Crippen LogP contribution is 2.30. The van der Waals surface area contributed by atoms with Crippen molar-refractivity contribution in [1.82, 2.24) is 9.80 Å². The van der Waals surface area contributed by atoms with E-state index in [0.717, 1.165) is 32.2 Å². The highest BCUT2D eigenvalue weighted by atomic mass is 16.6. The standard InChI is InChI=1S/C20H34N2O4/c1-20(2,3)26-19(24)21-10-8-15(9-11-21)14-18(23)22-12-13-25-17-7-5-4-6-16(17)22/h15-17H,4-14H2,1-3H3. The number of carbonyl (C=O) groups excluding carboxylic acids is 2. The van der Waals surface area contributed by atoms with Crippen LogP contribution < -0.4 is 0 Å². The van der Waals surface area contributed by atoms with Crippen LogP contribution >= 0.6 is 0 Å². The number of nitrogens with zero attached hydrogens (tertiary/aromatic N) is 2. The summed E-state index contributed by atoms with van der Waals surface area (Å²) in [4.78, 5) is 28.9. The summed E-state index contributed by atoms with van der Waals surface area (Å²) in [7, 11) is 0. The fraction of sp³-hybridized carbons (Fsp3) is 0.900. The Balaban J connectivity index is 1.46. The van der Waals surface area contributed by atoms with Crippen molar-refractivity contribution >= 4 is 12.0 Å². The van der Waals surface area contributed by atoms with Gasteiger partial charge in [0.15, 0.2) is 0 Å².